The number of nitrogens with one attached hydrogen (secondary N) is 1. The fraction of sp³-hybridized carbons (Fsp3) is 0.875. The standard InChI is InChI=1S/C16H28N2O4/c1-11-6-5-8-18(11)14(19)13(17-15(20)21-4)12-7-9-22-16(2,3)10-12/h11-13H,5-10H2,1-4H3,(H,17,20)/t11-,12?,13-/m1/s1. The molecule has 0 aromatic heterocycles. The number of hydrogen-bond acceptors (Lipinski definition) is 4. The van der Waals surface area contributed by atoms with E-state index < -0.39 is 12.1 Å². The molecule has 0 aliphatic carbocycles. The van der Waals surface area contributed by atoms with Crippen LogP contribution in [0, 0.1) is 5.92 Å². The molecular weight excluding hydrogens is 284 g/mol. The van der Waals surface area contributed by atoms with E-state index in [1.165, 1.54) is 7.11 Å². The Labute approximate surface area is 132 Å². The molecule has 2 fully saturated rings. The smallest absolute Gasteiger partial charge is 0.407 e. The molecule has 6 nitrogen and oxygen atoms in total. The lowest BCUT2D eigenvalue weighted by molar-refractivity contribution is -0.138. The maximum absolute atomic E-state index is 12.9. The Bertz CT molecular complexity index is 424. The summed E-state index contributed by atoms with van der Waals surface area (Å²) in [4.78, 5) is 26.5. The number of amides is 2. The molecule has 3 atom stereocenters. The maximum atomic E-state index is 12.9. The molecule has 0 aromatic rings. The van der Waals surface area contributed by atoms with E-state index in [1.54, 1.807) is 0 Å². The zero-order valence-corrected chi connectivity index (χ0v) is 14.1. The van der Waals surface area contributed by atoms with Gasteiger partial charge in [0.1, 0.15) is 6.04 Å². The number of rotatable bonds is 3. The van der Waals surface area contributed by atoms with Crippen molar-refractivity contribution in [2.45, 2.75) is 64.1 Å². The van der Waals surface area contributed by atoms with Gasteiger partial charge in [-0.1, -0.05) is 0 Å². The van der Waals surface area contributed by atoms with Crippen LogP contribution in [0.5, 0.6) is 0 Å². The Hall–Kier alpha value is -1.30. The second kappa shape index (κ2) is 6.86. The van der Waals surface area contributed by atoms with Gasteiger partial charge in [-0.05, 0) is 52.4 Å². The van der Waals surface area contributed by atoms with Crippen molar-refractivity contribution in [3.63, 3.8) is 0 Å². The SMILES string of the molecule is COC(=O)N[C@@H](C(=O)N1CCC[C@H]1C)C1CCOC(C)(C)C1. The average Bonchev–Trinajstić information content (AvgIpc) is 2.88. The molecule has 1 N–H and O–H groups in total. The predicted octanol–water partition coefficient (Wildman–Crippen LogP) is 1.93. The van der Waals surface area contributed by atoms with Gasteiger partial charge < -0.3 is 19.7 Å². The van der Waals surface area contributed by atoms with E-state index in [0.29, 0.717) is 6.61 Å². The summed E-state index contributed by atoms with van der Waals surface area (Å²) in [5.74, 6) is 0.0845. The quantitative estimate of drug-likeness (QED) is 0.864. The maximum Gasteiger partial charge on any atom is 0.407 e. The van der Waals surface area contributed by atoms with Crippen molar-refractivity contribution in [1.29, 1.82) is 0 Å². The van der Waals surface area contributed by atoms with E-state index in [4.69, 9.17) is 9.47 Å². The Morgan fingerprint density at radius 3 is 2.64 bits per heavy atom. The number of carbonyl (C=O) groups is 2. The molecule has 2 aliphatic rings. The molecule has 0 saturated carbocycles. The fourth-order valence-electron chi connectivity index (χ4n) is 3.57. The van der Waals surface area contributed by atoms with Gasteiger partial charge >= 0.3 is 6.09 Å². The Balaban J connectivity index is 2.14. The highest BCUT2D eigenvalue weighted by atomic mass is 16.5. The molecule has 6 heteroatoms. The molecule has 0 radical (unpaired) electrons. The summed E-state index contributed by atoms with van der Waals surface area (Å²) in [7, 11) is 1.32. The summed E-state index contributed by atoms with van der Waals surface area (Å²) in [5.41, 5.74) is -0.268. The minimum atomic E-state index is -0.547. The molecule has 0 spiro atoms. The van der Waals surface area contributed by atoms with Gasteiger partial charge in [-0.2, -0.15) is 0 Å². The number of methoxy groups -OCH3 is 1. The summed E-state index contributed by atoms with van der Waals surface area (Å²) in [6, 6.07) is -0.293. The van der Waals surface area contributed by atoms with Gasteiger partial charge in [0.2, 0.25) is 5.91 Å². The van der Waals surface area contributed by atoms with E-state index >= 15 is 0 Å². The first-order valence-electron chi connectivity index (χ1n) is 8.13. The number of carbonyl (C=O) groups excluding carboxylic acids is 2. The second-order valence-electron chi connectivity index (χ2n) is 7.00. The van der Waals surface area contributed by atoms with Gasteiger partial charge in [0.15, 0.2) is 0 Å². The predicted molar refractivity (Wildman–Crippen MR) is 82.5 cm³/mol. The van der Waals surface area contributed by atoms with Gasteiger partial charge in [0, 0.05) is 19.2 Å². The lowest BCUT2D eigenvalue weighted by Gasteiger charge is -2.40. The number of nitrogens with zero attached hydrogens (tertiary/aromatic N) is 1. The van der Waals surface area contributed by atoms with Crippen LogP contribution in [0.15, 0.2) is 0 Å². The zero-order valence-electron chi connectivity index (χ0n) is 14.1. The van der Waals surface area contributed by atoms with Gasteiger partial charge in [0.25, 0.3) is 0 Å². The van der Waals surface area contributed by atoms with Crippen molar-refractivity contribution in [1.82, 2.24) is 10.2 Å². The number of alkyl carbamates (subject to hydrolysis) is 1. The van der Waals surface area contributed by atoms with Gasteiger partial charge in [0.05, 0.1) is 12.7 Å². The van der Waals surface area contributed by atoms with Crippen molar-refractivity contribution in [3.05, 3.63) is 0 Å². The van der Waals surface area contributed by atoms with E-state index in [0.717, 1.165) is 32.2 Å². The van der Waals surface area contributed by atoms with Crippen molar-refractivity contribution >= 4 is 12.0 Å². The van der Waals surface area contributed by atoms with E-state index in [-0.39, 0.29) is 23.5 Å². The first kappa shape index (κ1) is 17.1. The Kier molecular flexibility index (Phi) is 5.32. The molecule has 2 heterocycles. The Morgan fingerprint density at radius 1 is 1.36 bits per heavy atom. The monoisotopic (exact) mass is 312 g/mol. The number of likely N-dealkylation sites (tertiary alicyclic amines) is 1. The van der Waals surface area contributed by atoms with Crippen LogP contribution in [0.3, 0.4) is 0 Å². The van der Waals surface area contributed by atoms with Crippen LogP contribution < -0.4 is 5.32 Å². The molecule has 22 heavy (non-hydrogen) atoms. The van der Waals surface area contributed by atoms with Crippen molar-refractivity contribution in [2.75, 3.05) is 20.3 Å². The summed E-state index contributed by atoms with van der Waals surface area (Å²) < 4.78 is 10.4. The van der Waals surface area contributed by atoms with Crippen LogP contribution >= 0.6 is 0 Å². The zero-order chi connectivity index (χ0) is 16.3. The van der Waals surface area contributed by atoms with Crippen molar-refractivity contribution in [2.24, 2.45) is 5.92 Å². The normalized spacial score (nSPS) is 29.0. The Morgan fingerprint density at radius 2 is 2.09 bits per heavy atom. The van der Waals surface area contributed by atoms with Crippen LogP contribution in [-0.2, 0) is 14.3 Å². The molecule has 2 saturated heterocycles. The second-order valence-corrected chi connectivity index (χ2v) is 7.00. The van der Waals surface area contributed by atoms with Crippen molar-refractivity contribution in [3.8, 4) is 0 Å². The highest BCUT2D eigenvalue weighted by Crippen LogP contribution is 2.32. The minimum absolute atomic E-state index is 0.0121. The third-order valence-electron chi connectivity index (χ3n) is 4.77. The van der Waals surface area contributed by atoms with Crippen molar-refractivity contribution < 1.29 is 19.1 Å². The lowest BCUT2D eigenvalue weighted by atomic mass is 9.82. The van der Waals surface area contributed by atoms with Gasteiger partial charge in [-0.25, -0.2) is 4.79 Å². The van der Waals surface area contributed by atoms with Crippen LogP contribution in [0.2, 0.25) is 0 Å². The third kappa shape index (κ3) is 3.91. The highest BCUT2D eigenvalue weighted by molar-refractivity contribution is 5.86. The third-order valence-corrected chi connectivity index (χ3v) is 4.77. The molecule has 2 amide bonds. The number of ether oxygens (including phenoxy) is 2. The first-order valence-corrected chi connectivity index (χ1v) is 8.13. The van der Waals surface area contributed by atoms with Crippen LogP contribution in [0.4, 0.5) is 4.79 Å². The first-order chi connectivity index (χ1) is 10.3. The summed E-state index contributed by atoms with van der Waals surface area (Å²) in [5, 5.41) is 2.76. The number of hydrogen-bond donors (Lipinski definition) is 1. The topological polar surface area (TPSA) is 67.9 Å². The molecule has 1 unspecified atom stereocenters. The largest absolute Gasteiger partial charge is 0.453 e. The minimum Gasteiger partial charge on any atom is -0.453 e. The average molecular weight is 312 g/mol. The van der Waals surface area contributed by atoms with E-state index in [1.807, 2.05) is 18.7 Å². The van der Waals surface area contributed by atoms with Crippen LogP contribution in [0.1, 0.15) is 46.5 Å². The fourth-order valence-corrected chi connectivity index (χ4v) is 3.57. The molecular formula is C16H28N2O4. The molecule has 0 bridgehead atoms. The summed E-state index contributed by atoms with van der Waals surface area (Å²) in [6.45, 7) is 7.49. The van der Waals surface area contributed by atoms with E-state index in [9.17, 15) is 9.59 Å². The lowest BCUT2D eigenvalue weighted by Crippen LogP contribution is -2.55. The summed E-state index contributed by atoms with van der Waals surface area (Å²) in [6.07, 6.45) is 3.02. The van der Waals surface area contributed by atoms with Gasteiger partial charge in [-0.15, -0.1) is 0 Å². The molecule has 0 aromatic carbocycles. The van der Waals surface area contributed by atoms with Crippen LogP contribution in [0.25, 0.3) is 0 Å². The van der Waals surface area contributed by atoms with Gasteiger partial charge in [-0.3, -0.25) is 4.79 Å². The molecule has 2 rings (SSSR count). The van der Waals surface area contributed by atoms with Crippen LogP contribution in [-0.4, -0.2) is 54.8 Å². The molecule has 2 aliphatic heterocycles. The summed E-state index contributed by atoms with van der Waals surface area (Å²) >= 11 is 0. The highest BCUT2D eigenvalue weighted by Gasteiger charge is 2.41. The van der Waals surface area contributed by atoms with E-state index in [2.05, 4.69) is 12.2 Å². The molecule has 126 valence electrons.